The number of hydrogen-bond donors (Lipinski definition) is 1. The van der Waals surface area contributed by atoms with E-state index in [4.69, 9.17) is 0 Å². The summed E-state index contributed by atoms with van der Waals surface area (Å²) in [4.78, 5) is 22.7. The number of imidazole rings is 1. The summed E-state index contributed by atoms with van der Waals surface area (Å²) in [7, 11) is 0. The number of nitrogens with one attached hydrogen (secondary N) is 1. The van der Waals surface area contributed by atoms with Gasteiger partial charge in [0, 0.05) is 43.3 Å². The van der Waals surface area contributed by atoms with Gasteiger partial charge in [0.25, 0.3) is 0 Å². The molecule has 0 radical (unpaired) electrons. The first-order valence-corrected chi connectivity index (χ1v) is 10.5. The molecule has 1 fully saturated rings. The molecule has 2 aromatic heterocycles. The van der Waals surface area contributed by atoms with Crippen LogP contribution in [0.1, 0.15) is 36.9 Å². The molecule has 1 N–H and O–H groups in total. The number of pyridine rings is 1. The molecule has 3 heterocycles. The maximum absolute atomic E-state index is 12.8. The Morgan fingerprint density at radius 1 is 1.12 bits per heavy atom. The molecule has 0 bridgehead atoms. The Labute approximate surface area is 184 Å². The highest BCUT2D eigenvalue weighted by Crippen LogP contribution is 2.30. The van der Waals surface area contributed by atoms with Crippen LogP contribution in [0.2, 0.25) is 0 Å². The Hall–Kier alpha value is -3.36. The predicted octanol–water partition coefficient (Wildman–Crippen LogP) is 4.38. The number of amides is 1. The van der Waals surface area contributed by atoms with Gasteiger partial charge in [0.1, 0.15) is 5.82 Å². The van der Waals surface area contributed by atoms with Crippen molar-refractivity contribution in [3.63, 3.8) is 0 Å². The number of carbonyl (C=O) groups excluding carboxylic acids is 1. The van der Waals surface area contributed by atoms with E-state index in [1.54, 1.807) is 12.5 Å². The second-order valence-electron chi connectivity index (χ2n) is 7.96. The number of piperidine rings is 1. The molecule has 1 atom stereocenters. The number of alkyl halides is 3. The third kappa shape index (κ3) is 4.92. The number of nitrogens with zero attached hydrogens (tertiary/aromatic N) is 4. The van der Waals surface area contributed by atoms with Crippen molar-refractivity contribution in [3.05, 3.63) is 72.4 Å². The second-order valence-corrected chi connectivity index (χ2v) is 7.96. The van der Waals surface area contributed by atoms with Crippen molar-refractivity contribution in [2.75, 3.05) is 18.0 Å². The average Bonchev–Trinajstić information content (AvgIpc) is 3.34. The summed E-state index contributed by atoms with van der Waals surface area (Å²) in [5, 5.41) is 3.08. The number of carbonyl (C=O) groups is 1. The van der Waals surface area contributed by atoms with Crippen LogP contribution in [0, 0.1) is 5.92 Å². The first kappa shape index (κ1) is 21.9. The van der Waals surface area contributed by atoms with Gasteiger partial charge in [-0.05, 0) is 49.6 Å². The van der Waals surface area contributed by atoms with Crippen LogP contribution in [0.3, 0.4) is 0 Å². The normalized spacial score (nSPS) is 16.1. The lowest BCUT2D eigenvalue weighted by Crippen LogP contribution is -2.41. The summed E-state index contributed by atoms with van der Waals surface area (Å²) in [5.74, 6) is 0.368. The minimum atomic E-state index is -4.40. The molecular weight excluding hydrogens is 419 g/mol. The molecule has 3 aromatic rings. The Bertz CT molecular complexity index is 1020. The van der Waals surface area contributed by atoms with E-state index < -0.39 is 11.7 Å². The van der Waals surface area contributed by atoms with Crippen LogP contribution in [0.15, 0.2) is 61.3 Å². The summed E-state index contributed by atoms with van der Waals surface area (Å²) in [6.07, 6.45) is 3.03. The van der Waals surface area contributed by atoms with Gasteiger partial charge in [-0.3, -0.25) is 4.79 Å². The van der Waals surface area contributed by atoms with Crippen molar-refractivity contribution < 1.29 is 18.0 Å². The van der Waals surface area contributed by atoms with Crippen molar-refractivity contribution in [2.45, 2.75) is 32.0 Å². The monoisotopic (exact) mass is 443 g/mol. The molecule has 168 valence electrons. The Morgan fingerprint density at radius 3 is 2.41 bits per heavy atom. The molecule has 0 aliphatic carbocycles. The van der Waals surface area contributed by atoms with Crippen LogP contribution < -0.4 is 10.2 Å². The van der Waals surface area contributed by atoms with Gasteiger partial charge in [-0.15, -0.1) is 0 Å². The number of hydrogen-bond acceptors (Lipinski definition) is 4. The fourth-order valence-corrected chi connectivity index (χ4v) is 3.87. The van der Waals surface area contributed by atoms with Gasteiger partial charge in [-0.2, -0.15) is 13.2 Å². The average molecular weight is 443 g/mol. The van der Waals surface area contributed by atoms with Crippen molar-refractivity contribution in [2.24, 2.45) is 5.92 Å². The van der Waals surface area contributed by atoms with E-state index in [0.29, 0.717) is 31.7 Å². The first-order chi connectivity index (χ1) is 15.3. The Morgan fingerprint density at radius 2 is 1.84 bits per heavy atom. The van der Waals surface area contributed by atoms with Gasteiger partial charge in [0.2, 0.25) is 5.91 Å². The Kier molecular flexibility index (Phi) is 6.16. The highest BCUT2D eigenvalue weighted by molar-refractivity contribution is 5.79. The van der Waals surface area contributed by atoms with E-state index in [0.717, 1.165) is 23.5 Å². The molecule has 32 heavy (non-hydrogen) atoms. The third-order valence-corrected chi connectivity index (χ3v) is 5.82. The molecule has 1 aromatic carbocycles. The van der Waals surface area contributed by atoms with Crippen LogP contribution in [0.25, 0.3) is 5.69 Å². The van der Waals surface area contributed by atoms with Gasteiger partial charge >= 0.3 is 6.18 Å². The zero-order valence-corrected chi connectivity index (χ0v) is 17.6. The lowest BCUT2D eigenvalue weighted by Gasteiger charge is -2.32. The molecule has 1 aliphatic rings. The van der Waals surface area contributed by atoms with Crippen molar-refractivity contribution in [1.82, 2.24) is 19.9 Å². The minimum absolute atomic E-state index is 0.00350. The molecule has 9 heteroatoms. The SMILES string of the molecule is CC(NC(=O)C1CCN(c2ccc(C(F)(F)F)cn2)CC1)c1ccc(-n2ccnc2)cc1. The molecule has 1 amide bonds. The molecule has 4 rings (SSSR count). The molecule has 6 nitrogen and oxygen atoms in total. The van der Waals surface area contributed by atoms with E-state index in [2.05, 4.69) is 15.3 Å². The third-order valence-electron chi connectivity index (χ3n) is 5.82. The zero-order valence-electron chi connectivity index (χ0n) is 17.6. The second kappa shape index (κ2) is 9.02. The van der Waals surface area contributed by atoms with E-state index >= 15 is 0 Å². The van der Waals surface area contributed by atoms with Gasteiger partial charge in [0.05, 0.1) is 17.9 Å². The molecule has 1 aliphatic heterocycles. The van der Waals surface area contributed by atoms with E-state index in [9.17, 15) is 18.0 Å². The Balaban J connectivity index is 1.29. The van der Waals surface area contributed by atoms with Gasteiger partial charge in [0.15, 0.2) is 0 Å². The molecule has 0 saturated carbocycles. The maximum Gasteiger partial charge on any atom is 0.417 e. The lowest BCUT2D eigenvalue weighted by molar-refractivity contribution is -0.137. The quantitative estimate of drug-likeness (QED) is 0.636. The van der Waals surface area contributed by atoms with Crippen LogP contribution in [0.5, 0.6) is 0 Å². The van der Waals surface area contributed by atoms with E-state index in [1.165, 1.54) is 6.07 Å². The largest absolute Gasteiger partial charge is 0.417 e. The number of halogens is 3. The van der Waals surface area contributed by atoms with Gasteiger partial charge < -0.3 is 14.8 Å². The smallest absolute Gasteiger partial charge is 0.357 e. The summed E-state index contributed by atoms with van der Waals surface area (Å²) >= 11 is 0. The molecular formula is C23H24F3N5O. The topological polar surface area (TPSA) is 63.1 Å². The highest BCUT2D eigenvalue weighted by Gasteiger charge is 2.31. The molecule has 1 unspecified atom stereocenters. The summed E-state index contributed by atoms with van der Waals surface area (Å²) in [6, 6.07) is 10.2. The van der Waals surface area contributed by atoms with E-state index in [-0.39, 0.29) is 17.9 Å². The standard InChI is InChI=1S/C23H24F3N5O/c1-16(17-2-5-20(6-3-17)31-13-10-27-15-31)29-22(32)18-8-11-30(12-9-18)21-7-4-19(14-28-21)23(24,25)26/h2-7,10,13-16,18H,8-9,11-12H2,1H3,(H,29,32). The summed E-state index contributed by atoms with van der Waals surface area (Å²) < 4.78 is 40.0. The molecule has 1 saturated heterocycles. The van der Waals surface area contributed by atoms with Crippen molar-refractivity contribution >= 4 is 11.7 Å². The number of anilines is 1. The zero-order chi connectivity index (χ0) is 22.7. The predicted molar refractivity (Wildman–Crippen MR) is 114 cm³/mol. The maximum atomic E-state index is 12.8. The summed E-state index contributed by atoms with van der Waals surface area (Å²) in [6.45, 7) is 3.10. The molecule has 0 spiro atoms. The lowest BCUT2D eigenvalue weighted by atomic mass is 9.95. The van der Waals surface area contributed by atoms with Crippen LogP contribution in [-0.2, 0) is 11.0 Å². The fraction of sp³-hybridized carbons (Fsp3) is 0.348. The number of benzene rings is 1. The van der Waals surface area contributed by atoms with Crippen LogP contribution in [0.4, 0.5) is 19.0 Å². The van der Waals surface area contributed by atoms with Crippen molar-refractivity contribution in [1.29, 1.82) is 0 Å². The number of aromatic nitrogens is 3. The summed E-state index contributed by atoms with van der Waals surface area (Å²) in [5.41, 5.74) is 1.24. The first-order valence-electron chi connectivity index (χ1n) is 10.5. The van der Waals surface area contributed by atoms with Crippen molar-refractivity contribution in [3.8, 4) is 5.69 Å². The van der Waals surface area contributed by atoms with Crippen LogP contribution in [-0.4, -0.2) is 33.5 Å². The minimum Gasteiger partial charge on any atom is -0.357 e. The van der Waals surface area contributed by atoms with Crippen LogP contribution >= 0.6 is 0 Å². The van der Waals surface area contributed by atoms with Gasteiger partial charge in [-0.1, -0.05) is 12.1 Å². The fourth-order valence-electron chi connectivity index (χ4n) is 3.87. The van der Waals surface area contributed by atoms with Gasteiger partial charge in [-0.25, -0.2) is 9.97 Å². The van der Waals surface area contributed by atoms with E-state index in [1.807, 2.05) is 46.9 Å². The highest BCUT2D eigenvalue weighted by atomic mass is 19.4. The number of rotatable bonds is 5.